The molecule has 0 atom stereocenters. The molecule has 14 heavy (non-hydrogen) atoms. The first kappa shape index (κ1) is 11.2. The Labute approximate surface area is 93.9 Å². The van der Waals surface area contributed by atoms with Gasteiger partial charge in [-0.2, -0.15) is 12.6 Å². The van der Waals surface area contributed by atoms with E-state index in [0.29, 0.717) is 16.3 Å². The molecular weight excluding hydrogens is 216 g/mol. The molecule has 1 nitrogen and oxygen atoms in total. The van der Waals surface area contributed by atoms with Crippen LogP contribution in [-0.4, -0.2) is 11.5 Å². The summed E-state index contributed by atoms with van der Waals surface area (Å²) in [6.45, 7) is 1.50. The summed E-state index contributed by atoms with van der Waals surface area (Å²) >= 11 is 9.90. The predicted molar refractivity (Wildman–Crippen MR) is 62.2 cm³/mol. The lowest BCUT2D eigenvalue weighted by molar-refractivity contribution is 0.101. The Morgan fingerprint density at radius 1 is 1.57 bits per heavy atom. The van der Waals surface area contributed by atoms with Crippen molar-refractivity contribution in [2.45, 2.75) is 6.92 Å². The SMILES string of the molecule is CC(=O)c1ccc(C#CCS)c(Cl)c1. The van der Waals surface area contributed by atoms with Crippen LogP contribution >= 0.6 is 24.2 Å². The molecule has 72 valence electrons. The standard InChI is InChI=1S/C11H9ClOS/c1-8(13)10-5-4-9(3-2-6-14)11(12)7-10/h4-5,7,14H,6H2,1H3. The Bertz CT molecular complexity index is 415. The molecule has 0 aliphatic rings. The number of halogens is 1. The number of benzene rings is 1. The summed E-state index contributed by atoms with van der Waals surface area (Å²) in [5.41, 5.74) is 1.33. The molecular formula is C11H9ClOS. The third-order valence-corrected chi connectivity index (χ3v) is 2.15. The van der Waals surface area contributed by atoms with E-state index in [4.69, 9.17) is 11.6 Å². The Hall–Kier alpha value is -0.910. The normalized spacial score (nSPS) is 9.07. The van der Waals surface area contributed by atoms with E-state index in [0.717, 1.165) is 5.56 Å². The molecule has 0 bridgehead atoms. The summed E-state index contributed by atoms with van der Waals surface area (Å²) in [6, 6.07) is 5.10. The second-order valence-corrected chi connectivity index (χ2v) is 3.43. The molecule has 0 radical (unpaired) electrons. The van der Waals surface area contributed by atoms with E-state index in [1.165, 1.54) is 6.92 Å². The van der Waals surface area contributed by atoms with Gasteiger partial charge in [-0.05, 0) is 19.1 Å². The molecule has 0 aliphatic carbocycles. The lowest BCUT2D eigenvalue weighted by atomic mass is 10.1. The van der Waals surface area contributed by atoms with Crippen molar-refractivity contribution in [2.24, 2.45) is 0 Å². The highest BCUT2D eigenvalue weighted by atomic mass is 35.5. The van der Waals surface area contributed by atoms with Crippen LogP contribution in [-0.2, 0) is 0 Å². The van der Waals surface area contributed by atoms with E-state index in [1.54, 1.807) is 18.2 Å². The minimum atomic E-state index is 0.000560. The molecule has 0 unspecified atom stereocenters. The van der Waals surface area contributed by atoms with E-state index < -0.39 is 0 Å². The summed E-state index contributed by atoms with van der Waals surface area (Å²) in [5.74, 6) is 6.15. The van der Waals surface area contributed by atoms with Crippen LogP contribution in [0.3, 0.4) is 0 Å². The molecule has 1 rings (SSSR count). The van der Waals surface area contributed by atoms with E-state index >= 15 is 0 Å². The molecule has 0 amide bonds. The van der Waals surface area contributed by atoms with Crippen molar-refractivity contribution in [3.63, 3.8) is 0 Å². The number of Topliss-reactive ketones (excluding diaryl/α,β-unsaturated/α-hetero) is 1. The van der Waals surface area contributed by atoms with Gasteiger partial charge in [-0.3, -0.25) is 4.79 Å². The van der Waals surface area contributed by atoms with Gasteiger partial charge in [-0.1, -0.05) is 29.5 Å². The monoisotopic (exact) mass is 224 g/mol. The molecule has 0 aromatic heterocycles. The lowest BCUT2D eigenvalue weighted by Gasteiger charge is -1.98. The Morgan fingerprint density at radius 2 is 2.29 bits per heavy atom. The molecule has 0 heterocycles. The maximum Gasteiger partial charge on any atom is 0.159 e. The average molecular weight is 225 g/mol. The average Bonchev–Trinajstić information content (AvgIpc) is 2.15. The zero-order valence-electron chi connectivity index (χ0n) is 7.67. The van der Waals surface area contributed by atoms with Crippen LogP contribution in [0, 0.1) is 11.8 Å². The van der Waals surface area contributed by atoms with Gasteiger partial charge in [0, 0.05) is 11.1 Å². The molecule has 0 fully saturated rings. The number of rotatable bonds is 1. The van der Waals surface area contributed by atoms with Gasteiger partial charge in [-0.25, -0.2) is 0 Å². The largest absolute Gasteiger partial charge is 0.295 e. The van der Waals surface area contributed by atoms with Crippen LogP contribution < -0.4 is 0 Å². The van der Waals surface area contributed by atoms with Crippen molar-refractivity contribution < 1.29 is 4.79 Å². The molecule has 0 saturated heterocycles. The van der Waals surface area contributed by atoms with Gasteiger partial charge >= 0.3 is 0 Å². The summed E-state index contributed by atoms with van der Waals surface area (Å²) in [4.78, 5) is 11.0. The number of hydrogen-bond donors (Lipinski definition) is 1. The van der Waals surface area contributed by atoms with Crippen molar-refractivity contribution in [1.82, 2.24) is 0 Å². The van der Waals surface area contributed by atoms with Gasteiger partial charge < -0.3 is 0 Å². The fourth-order valence-electron chi connectivity index (χ4n) is 0.970. The van der Waals surface area contributed by atoms with Gasteiger partial charge in [0.05, 0.1) is 10.8 Å². The number of thiol groups is 1. The van der Waals surface area contributed by atoms with Crippen molar-refractivity contribution in [3.05, 3.63) is 34.3 Å². The van der Waals surface area contributed by atoms with Gasteiger partial charge in [0.1, 0.15) is 0 Å². The zero-order valence-corrected chi connectivity index (χ0v) is 9.32. The topological polar surface area (TPSA) is 17.1 Å². The smallest absolute Gasteiger partial charge is 0.159 e. The van der Waals surface area contributed by atoms with Crippen LogP contribution in [0.15, 0.2) is 18.2 Å². The first-order valence-electron chi connectivity index (χ1n) is 4.05. The van der Waals surface area contributed by atoms with Crippen molar-refractivity contribution in [1.29, 1.82) is 0 Å². The zero-order chi connectivity index (χ0) is 10.6. The van der Waals surface area contributed by atoms with Gasteiger partial charge in [0.25, 0.3) is 0 Å². The van der Waals surface area contributed by atoms with Crippen LogP contribution in [0.4, 0.5) is 0 Å². The summed E-state index contributed by atoms with van der Waals surface area (Å²) in [5, 5.41) is 0.506. The van der Waals surface area contributed by atoms with Crippen LogP contribution in [0.1, 0.15) is 22.8 Å². The van der Waals surface area contributed by atoms with Crippen molar-refractivity contribution in [2.75, 3.05) is 5.75 Å². The highest BCUT2D eigenvalue weighted by Gasteiger charge is 2.02. The van der Waals surface area contributed by atoms with E-state index in [2.05, 4.69) is 24.5 Å². The van der Waals surface area contributed by atoms with E-state index in [1.807, 2.05) is 0 Å². The number of carbonyl (C=O) groups is 1. The van der Waals surface area contributed by atoms with Crippen molar-refractivity contribution >= 4 is 30.0 Å². The molecule has 3 heteroatoms. The maximum absolute atomic E-state index is 11.0. The molecule has 1 aromatic rings. The van der Waals surface area contributed by atoms with Crippen LogP contribution in [0.2, 0.25) is 5.02 Å². The summed E-state index contributed by atoms with van der Waals surface area (Å²) < 4.78 is 0. The molecule has 1 aromatic carbocycles. The highest BCUT2D eigenvalue weighted by molar-refractivity contribution is 7.80. The van der Waals surface area contributed by atoms with Crippen LogP contribution in [0.5, 0.6) is 0 Å². The third kappa shape index (κ3) is 2.80. The highest BCUT2D eigenvalue weighted by Crippen LogP contribution is 2.17. The molecule has 0 N–H and O–H groups in total. The Balaban J connectivity index is 3.07. The van der Waals surface area contributed by atoms with E-state index in [-0.39, 0.29) is 5.78 Å². The first-order valence-corrected chi connectivity index (χ1v) is 5.06. The minimum absolute atomic E-state index is 0.000560. The molecule has 0 spiro atoms. The van der Waals surface area contributed by atoms with Crippen LogP contribution in [0.25, 0.3) is 0 Å². The van der Waals surface area contributed by atoms with E-state index in [9.17, 15) is 4.79 Å². The first-order chi connectivity index (χ1) is 6.65. The van der Waals surface area contributed by atoms with Gasteiger partial charge in [-0.15, -0.1) is 0 Å². The fourth-order valence-corrected chi connectivity index (χ4v) is 1.28. The third-order valence-electron chi connectivity index (χ3n) is 1.68. The number of carbonyl (C=O) groups excluding carboxylic acids is 1. The second-order valence-electron chi connectivity index (χ2n) is 2.71. The predicted octanol–water partition coefficient (Wildman–Crippen LogP) is 2.82. The lowest BCUT2D eigenvalue weighted by Crippen LogP contribution is -1.92. The van der Waals surface area contributed by atoms with Crippen molar-refractivity contribution in [3.8, 4) is 11.8 Å². The van der Waals surface area contributed by atoms with Gasteiger partial charge in [0.15, 0.2) is 5.78 Å². The molecule has 0 aliphatic heterocycles. The maximum atomic E-state index is 11.0. The summed E-state index contributed by atoms with van der Waals surface area (Å²) in [7, 11) is 0. The Kier molecular flexibility index (Phi) is 4.06. The summed E-state index contributed by atoms with van der Waals surface area (Å²) in [6.07, 6.45) is 0. The quantitative estimate of drug-likeness (QED) is 0.441. The Morgan fingerprint density at radius 3 is 2.79 bits per heavy atom. The molecule has 0 saturated carbocycles. The van der Waals surface area contributed by atoms with Gasteiger partial charge in [0.2, 0.25) is 0 Å². The number of hydrogen-bond acceptors (Lipinski definition) is 2. The number of ketones is 1. The minimum Gasteiger partial charge on any atom is -0.295 e. The second kappa shape index (κ2) is 5.09. The fraction of sp³-hybridized carbons (Fsp3) is 0.182.